The van der Waals surface area contributed by atoms with Crippen molar-refractivity contribution in [3.63, 3.8) is 0 Å². The van der Waals surface area contributed by atoms with E-state index in [0.717, 1.165) is 37.4 Å². The Balaban J connectivity index is 2.13. The molecule has 0 bridgehead atoms. The largest absolute Gasteiger partial charge is 0.461 e. The molecule has 1 heterocycles. The van der Waals surface area contributed by atoms with Gasteiger partial charge in [0, 0.05) is 12.2 Å². The van der Waals surface area contributed by atoms with Crippen molar-refractivity contribution in [2.45, 2.75) is 19.8 Å². The first kappa shape index (κ1) is 18.9. The van der Waals surface area contributed by atoms with Gasteiger partial charge in [-0.3, -0.25) is 0 Å². The van der Waals surface area contributed by atoms with Gasteiger partial charge in [0.25, 0.3) is 0 Å². The van der Waals surface area contributed by atoms with Crippen molar-refractivity contribution < 1.29 is 9.53 Å². The summed E-state index contributed by atoms with van der Waals surface area (Å²) in [5.74, 6) is 0.280. The lowest BCUT2D eigenvalue weighted by Gasteiger charge is -2.23. The topological polar surface area (TPSA) is 58.6 Å². The predicted molar refractivity (Wildman–Crippen MR) is 99.2 cm³/mol. The van der Waals surface area contributed by atoms with Crippen LogP contribution < -0.4 is 4.90 Å². The zero-order chi connectivity index (χ0) is 18.1. The van der Waals surface area contributed by atoms with Crippen molar-refractivity contribution in [2.75, 3.05) is 38.7 Å². The number of anilines is 2. The lowest BCUT2D eigenvalue weighted by atomic mass is 10.2. The Labute approximate surface area is 149 Å². The van der Waals surface area contributed by atoms with E-state index in [9.17, 15) is 4.79 Å². The molecule has 0 saturated carbocycles. The smallest absolute Gasteiger partial charge is 0.358 e. The van der Waals surface area contributed by atoms with Gasteiger partial charge in [-0.1, -0.05) is 18.2 Å². The molecule has 6 nitrogen and oxygen atoms in total. The molecule has 1 aromatic heterocycles. The Morgan fingerprint density at radius 2 is 1.72 bits per heavy atom. The maximum Gasteiger partial charge on any atom is 0.358 e. The van der Waals surface area contributed by atoms with Crippen molar-refractivity contribution in [2.24, 2.45) is 0 Å². The summed E-state index contributed by atoms with van der Waals surface area (Å²) in [5, 5.41) is 8.26. The minimum Gasteiger partial charge on any atom is -0.461 e. The third-order valence-electron chi connectivity index (χ3n) is 3.72. The fourth-order valence-corrected chi connectivity index (χ4v) is 2.46. The minimum atomic E-state index is -0.446. The van der Waals surface area contributed by atoms with Crippen molar-refractivity contribution >= 4 is 17.5 Å². The third kappa shape index (κ3) is 5.83. The predicted octanol–water partition coefficient (Wildman–Crippen LogP) is 3.13. The molecule has 0 saturated heterocycles. The number of para-hydroxylation sites is 1. The van der Waals surface area contributed by atoms with Crippen LogP contribution in [0.4, 0.5) is 11.5 Å². The number of benzene rings is 1. The second-order valence-electron chi connectivity index (χ2n) is 5.99. The number of carbonyl (C=O) groups is 1. The minimum absolute atomic E-state index is 0.228. The quantitative estimate of drug-likeness (QED) is 0.515. The molecular formula is C19H26N4O2. The van der Waals surface area contributed by atoms with Gasteiger partial charge < -0.3 is 14.5 Å². The van der Waals surface area contributed by atoms with E-state index in [0.29, 0.717) is 6.61 Å². The second-order valence-corrected chi connectivity index (χ2v) is 5.99. The molecule has 1 aromatic carbocycles. The Morgan fingerprint density at radius 3 is 2.32 bits per heavy atom. The zero-order valence-electron chi connectivity index (χ0n) is 15.2. The first-order valence-corrected chi connectivity index (χ1v) is 8.60. The Morgan fingerprint density at radius 1 is 1.00 bits per heavy atom. The van der Waals surface area contributed by atoms with Crippen LogP contribution in [0.25, 0.3) is 0 Å². The van der Waals surface area contributed by atoms with E-state index >= 15 is 0 Å². The number of aromatic nitrogens is 2. The SMILES string of the molecule is CCOC(=O)c1ccc(N(CCCCN(C)C)c2ccccc2)nn1. The molecule has 6 heteroatoms. The molecule has 0 radical (unpaired) electrons. The van der Waals surface area contributed by atoms with E-state index in [-0.39, 0.29) is 5.69 Å². The van der Waals surface area contributed by atoms with E-state index in [1.54, 1.807) is 13.0 Å². The Bertz CT molecular complexity index is 644. The number of unbranched alkanes of at least 4 members (excludes halogenated alkanes) is 1. The van der Waals surface area contributed by atoms with Crippen molar-refractivity contribution in [1.29, 1.82) is 0 Å². The second kappa shape index (κ2) is 9.74. The molecule has 0 aliphatic carbocycles. The number of esters is 1. The molecule has 0 atom stereocenters. The first-order valence-electron chi connectivity index (χ1n) is 8.60. The highest BCUT2D eigenvalue weighted by Crippen LogP contribution is 2.23. The van der Waals surface area contributed by atoms with Gasteiger partial charge in [0.2, 0.25) is 0 Å². The summed E-state index contributed by atoms with van der Waals surface area (Å²) in [4.78, 5) is 16.0. The molecule has 0 unspecified atom stereocenters. The van der Waals surface area contributed by atoms with Gasteiger partial charge in [0.15, 0.2) is 11.5 Å². The van der Waals surface area contributed by atoms with Crippen molar-refractivity contribution in [3.8, 4) is 0 Å². The number of hydrogen-bond donors (Lipinski definition) is 0. The maximum absolute atomic E-state index is 11.7. The van der Waals surface area contributed by atoms with Gasteiger partial charge in [-0.05, 0) is 64.7 Å². The summed E-state index contributed by atoms with van der Waals surface area (Å²) in [5.41, 5.74) is 1.29. The normalized spacial score (nSPS) is 10.7. The van der Waals surface area contributed by atoms with Crippen LogP contribution in [-0.4, -0.2) is 54.9 Å². The van der Waals surface area contributed by atoms with Crippen molar-refractivity contribution in [3.05, 3.63) is 48.2 Å². The van der Waals surface area contributed by atoms with Crippen LogP contribution in [0.15, 0.2) is 42.5 Å². The number of hydrogen-bond acceptors (Lipinski definition) is 6. The highest BCUT2D eigenvalue weighted by Gasteiger charge is 2.14. The van der Waals surface area contributed by atoms with E-state index in [1.807, 2.05) is 36.4 Å². The number of rotatable bonds is 9. The third-order valence-corrected chi connectivity index (χ3v) is 3.72. The van der Waals surface area contributed by atoms with Crippen LogP contribution in [-0.2, 0) is 4.74 Å². The Hall–Kier alpha value is -2.47. The molecule has 2 aromatic rings. The summed E-state index contributed by atoms with van der Waals surface area (Å²) < 4.78 is 4.96. The van der Waals surface area contributed by atoms with Gasteiger partial charge >= 0.3 is 5.97 Å². The molecule has 0 N–H and O–H groups in total. The van der Waals surface area contributed by atoms with Crippen LogP contribution in [0.1, 0.15) is 30.3 Å². The van der Waals surface area contributed by atoms with E-state index in [2.05, 4.69) is 34.1 Å². The lowest BCUT2D eigenvalue weighted by molar-refractivity contribution is 0.0518. The lowest BCUT2D eigenvalue weighted by Crippen LogP contribution is -2.22. The number of nitrogens with zero attached hydrogens (tertiary/aromatic N) is 4. The van der Waals surface area contributed by atoms with E-state index < -0.39 is 5.97 Å². The summed E-state index contributed by atoms with van der Waals surface area (Å²) in [6.45, 7) is 3.98. The molecule has 0 aliphatic heterocycles. The summed E-state index contributed by atoms with van der Waals surface area (Å²) in [6.07, 6.45) is 2.14. The van der Waals surface area contributed by atoms with Crippen LogP contribution in [0.5, 0.6) is 0 Å². The monoisotopic (exact) mass is 342 g/mol. The molecule has 25 heavy (non-hydrogen) atoms. The van der Waals surface area contributed by atoms with Gasteiger partial charge in [0.05, 0.1) is 6.61 Å². The summed E-state index contributed by atoms with van der Waals surface area (Å²) >= 11 is 0. The highest BCUT2D eigenvalue weighted by molar-refractivity contribution is 5.87. The van der Waals surface area contributed by atoms with Gasteiger partial charge in [0.1, 0.15) is 0 Å². The maximum atomic E-state index is 11.7. The zero-order valence-corrected chi connectivity index (χ0v) is 15.2. The standard InChI is InChI=1S/C19H26N4O2/c1-4-25-19(24)17-12-13-18(21-20-17)23(15-9-8-14-22(2)3)16-10-6-5-7-11-16/h5-7,10-13H,4,8-9,14-15H2,1-3H3. The number of ether oxygens (including phenoxy) is 1. The average Bonchev–Trinajstić information content (AvgIpc) is 2.63. The molecule has 2 rings (SSSR count). The van der Waals surface area contributed by atoms with E-state index in [4.69, 9.17) is 4.74 Å². The molecule has 0 aliphatic rings. The van der Waals surface area contributed by atoms with Crippen LogP contribution >= 0.6 is 0 Å². The summed E-state index contributed by atoms with van der Waals surface area (Å²) in [6, 6.07) is 13.6. The molecule has 134 valence electrons. The van der Waals surface area contributed by atoms with Crippen LogP contribution in [0, 0.1) is 0 Å². The fourth-order valence-electron chi connectivity index (χ4n) is 2.46. The van der Waals surface area contributed by atoms with Crippen LogP contribution in [0.2, 0.25) is 0 Å². The number of carbonyl (C=O) groups excluding carboxylic acids is 1. The molecule has 0 spiro atoms. The van der Waals surface area contributed by atoms with Gasteiger partial charge in [-0.25, -0.2) is 4.79 Å². The molecule has 0 amide bonds. The van der Waals surface area contributed by atoms with Gasteiger partial charge in [-0.15, -0.1) is 10.2 Å². The van der Waals surface area contributed by atoms with Crippen LogP contribution in [0.3, 0.4) is 0 Å². The summed E-state index contributed by atoms with van der Waals surface area (Å²) in [7, 11) is 4.16. The average molecular weight is 342 g/mol. The highest BCUT2D eigenvalue weighted by atomic mass is 16.5. The molecular weight excluding hydrogens is 316 g/mol. The molecule has 0 fully saturated rings. The van der Waals surface area contributed by atoms with Gasteiger partial charge in [-0.2, -0.15) is 0 Å². The Kier molecular flexibility index (Phi) is 7.35. The fraction of sp³-hybridized carbons (Fsp3) is 0.421. The van der Waals surface area contributed by atoms with Crippen molar-refractivity contribution in [1.82, 2.24) is 15.1 Å². The van der Waals surface area contributed by atoms with E-state index in [1.165, 1.54) is 0 Å². The first-order chi connectivity index (χ1) is 12.1.